The van der Waals surface area contributed by atoms with Crippen molar-refractivity contribution < 1.29 is 19.2 Å². The van der Waals surface area contributed by atoms with Crippen LogP contribution >= 0.6 is 0 Å². The van der Waals surface area contributed by atoms with Crippen LogP contribution in [0.1, 0.15) is 58.5 Å². The fourth-order valence-corrected chi connectivity index (χ4v) is 5.93. The molecule has 1 aromatic carbocycles. The molecule has 2 fully saturated rings. The number of piperazine rings is 1. The first-order valence-corrected chi connectivity index (χ1v) is 14.2. The Morgan fingerprint density at radius 3 is 2.30 bits per heavy atom. The van der Waals surface area contributed by atoms with Crippen molar-refractivity contribution in [3.05, 3.63) is 83.9 Å². The van der Waals surface area contributed by atoms with Gasteiger partial charge in [0, 0.05) is 41.9 Å². The summed E-state index contributed by atoms with van der Waals surface area (Å²) < 4.78 is 0. The summed E-state index contributed by atoms with van der Waals surface area (Å²) in [5.41, 5.74) is 7.93. The number of primary amides is 1. The van der Waals surface area contributed by atoms with Crippen LogP contribution in [0, 0.1) is 5.41 Å². The van der Waals surface area contributed by atoms with E-state index < -0.39 is 17.4 Å². The number of carbonyl (C=O) groups is 4. The van der Waals surface area contributed by atoms with Crippen molar-refractivity contribution in [2.24, 2.45) is 11.1 Å². The molecule has 3 unspecified atom stereocenters. The summed E-state index contributed by atoms with van der Waals surface area (Å²) in [6.45, 7) is 6.60. The number of benzene rings is 1. The topological polar surface area (TPSA) is 154 Å². The SMILES string of the molecule is CC(C)(C)C(NC(=O)c1cc2ccccc2[nH]1)C(=O)N1CC2CC1CN2C(=O)c1ccc(-c2ccc(C(N)=O)cn2)cn1. The molecule has 0 radical (unpaired) electrons. The molecule has 4 aromatic rings. The van der Waals surface area contributed by atoms with E-state index in [9.17, 15) is 19.2 Å². The number of hydrogen-bond donors (Lipinski definition) is 3. The zero-order valence-corrected chi connectivity index (χ0v) is 24.2. The van der Waals surface area contributed by atoms with Crippen LogP contribution in [-0.4, -0.2) is 79.6 Å². The molecule has 5 heterocycles. The Morgan fingerprint density at radius 2 is 1.70 bits per heavy atom. The Hall–Kier alpha value is -5.06. The summed E-state index contributed by atoms with van der Waals surface area (Å²) in [7, 11) is 0. The minimum atomic E-state index is -0.741. The van der Waals surface area contributed by atoms with Crippen molar-refractivity contribution in [2.75, 3.05) is 13.1 Å². The number of nitrogens with zero attached hydrogens (tertiary/aromatic N) is 4. The number of likely N-dealkylation sites (tertiary alicyclic amines) is 2. The Kier molecular flexibility index (Phi) is 6.95. The number of rotatable bonds is 6. The van der Waals surface area contributed by atoms with E-state index in [1.54, 1.807) is 41.4 Å². The number of aromatic nitrogens is 3. The van der Waals surface area contributed by atoms with Crippen molar-refractivity contribution in [3.63, 3.8) is 0 Å². The van der Waals surface area contributed by atoms with Gasteiger partial charge in [-0.3, -0.25) is 29.1 Å². The van der Waals surface area contributed by atoms with Crippen LogP contribution in [0.5, 0.6) is 0 Å². The van der Waals surface area contributed by atoms with Gasteiger partial charge in [-0.05, 0) is 48.2 Å². The monoisotopic (exact) mass is 579 g/mol. The molecular formula is C32H33N7O4. The van der Waals surface area contributed by atoms with E-state index in [0.717, 1.165) is 10.9 Å². The van der Waals surface area contributed by atoms with Gasteiger partial charge in [0.15, 0.2) is 0 Å². The van der Waals surface area contributed by atoms with Crippen LogP contribution in [-0.2, 0) is 4.79 Å². The third kappa shape index (κ3) is 5.33. The van der Waals surface area contributed by atoms with Crippen molar-refractivity contribution >= 4 is 34.5 Å². The number of fused-ring (bicyclic) bond motifs is 3. The summed E-state index contributed by atoms with van der Waals surface area (Å²) in [4.78, 5) is 67.1. The fraction of sp³-hybridized carbons (Fsp3) is 0.312. The van der Waals surface area contributed by atoms with E-state index in [-0.39, 0.29) is 29.8 Å². The van der Waals surface area contributed by atoms with Crippen molar-refractivity contribution in [1.29, 1.82) is 0 Å². The van der Waals surface area contributed by atoms with Crippen LogP contribution < -0.4 is 11.1 Å². The van der Waals surface area contributed by atoms with Gasteiger partial charge in [-0.1, -0.05) is 39.0 Å². The van der Waals surface area contributed by atoms with Gasteiger partial charge in [-0.2, -0.15) is 0 Å². The highest BCUT2D eigenvalue weighted by atomic mass is 16.2. The lowest BCUT2D eigenvalue weighted by atomic mass is 9.85. The second-order valence-electron chi connectivity index (χ2n) is 12.3. The predicted molar refractivity (Wildman–Crippen MR) is 160 cm³/mol. The second-order valence-corrected chi connectivity index (χ2v) is 12.3. The van der Waals surface area contributed by atoms with Gasteiger partial charge >= 0.3 is 0 Å². The molecule has 220 valence electrons. The lowest BCUT2D eigenvalue weighted by Crippen LogP contribution is -2.59. The average Bonchev–Trinajstić information content (AvgIpc) is 3.73. The molecule has 0 spiro atoms. The number of aromatic amines is 1. The first-order valence-electron chi connectivity index (χ1n) is 14.2. The first-order chi connectivity index (χ1) is 20.5. The Balaban J connectivity index is 1.11. The van der Waals surface area contributed by atoms with Gasteiger partial charge in [0.2, 0.25) is 11.8 Å². The number of nitrogens with two attached hydrogens (primary N) is 1. The van der Waals surface area contributed by atoms with Gasteiger partial charge in [0.05, 0.1) is 23.3 Å². The van der Waals surface area contributed by atoms with E-state index in [2.05, 4.69) is 20.3 Å². The Morgan fingerprint density at radius 1 is 0.953 bits per heavy atom. The quantitative estimate of drug-likeness (QED) is 0.319. The number of H-pyrrole nitrogens is 1. The molecule has 2 aliphatic rings. The summed E-state index contributed by atoms with van der Waals surface area (Å²) in [5, 5.41) is 3.90. The van der Waals surface area contributed by atoms with Gasteiger partial charge in [0.25, 0.3) is 11.8 Å². The normalized spacial score (nSPS) is 18.6. The third-order valence-corrected chi connectivity index (χ3v) is 8.27. The highest BCUT2D eigenvalue weighted by Gasteiger charge is 2.50. The molecule has 6 rings (SSSR count). The number of pyridine rings is 2. The highest BCUT2D eigenvalue weighted by Crippen LogP contribution is 2.34. The lowest BCUT2D eigenvalue weighted by Gasteiger charge is -2.39. The summed E-state index contributed by atoms with van der Waals surface area (Å²) in [6.07, 6.45) is 3.66. The molecule has 2 bridgehead atoms. The average molecular weight is 580 g/mol. The van der Waals surface area contributed by atoms with E-state index in [1.807, 2.05) is 49.9 Å². The maximum absolute atomic E-state index is 13.9. The number of nitrogens with one attached hydrogen (secondary N) is 2. The van der Waals surface area contributed by atoms with E-state index in [1.165, 1.54) is 6.20 Å². The Labute approximate surface area is 248 Å². The van der Waals surface area contributed by atoms with Crippen LogP contribution in [0.2, 0.25) is 0 Å². The van der Waals surface area contributed by atoms with E-state index in [4.69, 9.17) is 5.73 Å². The molecule has 0 saturated carbocycles. The van der Waals surface area contributed by atoms with Crippen LogP contribution in [0.15, 0.2) is 67.0 Å². The predicted octanol–water partition coefficient (Wildman–Crippen LogP) is 2.99. The molecule has 3 atom stereocenters. The largest absolute Gasteiger partial charge is 0.366 e. The van der Waals surface area contributed by atoms with Crippen LogP contribution in [0.4, 0.5) is 0 Å². The number of hydrogen-bond acceptors (Lipinski definition) is 6. The Bertz CT molecular complexity index is 1690. The molecule has 3 aromatic heterocycles. The molecule has 11 nitrogen and oxygen atoms in total. The molecule has 11 heteroatoms. The standard InChI is InChI=1S/C32H33N7O4/c1-32(2,3)27(37-29(41)26-12-18-6-4-5-7-24(18)36-26)31(43)39-17-21-13-22(39)16-38(21)30(42)25-11-8-19(14-35-25)23-10-9-20(15-34-23)28(33)40/h4-12,14-15,21-22,27,36H,13,16-17H2,1-3H3,(H2,33,40)(H,37,41). The summed E-state index contributed by atoms with van der Waals surface area (Å²) >= 11 is 0. The van der Waals surface area contributed by atoms with Gasteiger partial charge < -0.3 is 25.8 Å². The molecule has 43 heavy (non-hydrogen) atoms. The maximum atomic E-state index is 13.9. The molecule has 4 N–H and O–H groups in total. The zero-order chi connectivity index (χ0) is 30.5. The zero-order valence-electron chi connectivity index (χ0n) is 24.2. The number of amides is 4. The van der Waals surface area contributed by atoms with E-state index in [0.29, 0.717) is 47.7 Å². The van der Waals surface area contributed by atoms with Gasteiger partial charge in [-0.25, -0.2) is 0 Å². The first kappa shape index (κ1) is 28.1. The van der Waals surface area contributed by atoms with Crippen molar-refractivity contribution in [2.45, 2.75) is 45.3 Å². The number of carbonyl (C=O) groups excluding carboxylic acids is 4. The van der Waals surface area contributed by atoms with Gasteiger partial charge in [-0.15, -0.1) is 0 Å². The van der Waals surface area contributed by atoms with Gasteiger partial charge in [0.1, 0.15) is 17.4 Å². The highest BCUT2D eigenvalue weighted by molar-refractivity contribution is 6.00. The van der Waals surface area contributed by atoms with Crippen LogP contribution in [0.3, 0.4) is 0 Å². The van der Waals surface area contributed by atoms with E-state index >= 15 is 0 Å². The molecule has 0 aliphatic carbocycles. The van der Waals surface area contributed by atoms with Crippen molar-refractivity contribution in [3.8, 4) is 11.3 Å². The maximum Gasteiger partial charge on any atom is 0.272 e. The minimum Gasteiger partial charge on any atom is -0.366 e. The molecule has 2 aliphatic heterocycles. The molecule has 4 amide bonds. The fourth-order valence-electron chi connectivity index (χ4n) is 5.93. The minimum absolute atomic E-state index is 0.129. The van der Waals surface area contributed by atoms with Crippen molar-refractivity contribution in [1.82, 2.24) is 30.1 Å². The smallest absolute Gasteiger partial charge is 0.272 e. The molecule has 2 saturated heterocycles. The summed E-state index contributed by atoms with van der Waals surface area (Å²) in [6, 6.07) is 15.1. The third-order valence-electron chi connectivity index (χ3n) is 8.27. The summed E-state index contributed by atoms with van der Waals surface area (Å²) in [5.74, 6) is -1.22. The number of para-hydroxylation sites is 1. The molecular weight excluding hydrogens is 546 g/mol. The second kappa shape index (κ2) is 10.6. The lowest BCUT2D eigenvalue weighted by molar-refractivity contribution is -0.138. The van der Waals surface area contributed by atoms with Crippen LogP contribution in [0.25, 0.3) is 22.2 Å².